The zero-order chi connectivity index (χ0) is 20.9. The van der Waals surface area contributed by atoms with E-state index in [0.29, 0.717) is 31.1 Å². The molecule has 3 fully saturated rings. The van der Waals surface area contributed by atoms with Gasteiger partial charge in [-0.2, -0.15) is 0 Å². The van der Waals surface area contributed by atoms with Crippen molar-refractivity contribution in [3.05, 3.63) is 35.4 Å². The highest BCUT2D eigenvalue weighted by molar-refractivity contribution is 5.94. The van der Waals surface area contributed by atoms with E-state index in [0.717, 1.165) is 44.0 Å². The van der Waals surface area contributed by atoms with E-state index in [1.807, 2.05) is 17.0 Å². The number of ether oxygens (including phenoxy) is 1. The van der Waals surface area contributed by atoms with Crippen LogP contribution in [0.5, 0.6) is 0 Å². The fourth-order valence-electron chi connectivity index (χ4n) is 4.41. The minimum atomic E-state index is -0.162. The minimum absolute atomic E-state index is 0. The van der Waals surface area contributed by atoms with Gasteiger partial charge in [-0.15, -0.1) is 24.8 Å². The first-order valence-corrected chi connectivity index (χ1v) is 11.3. The van der Waals surface area contributed by atoms with Crippen LogP contribution in [0, 0.1) is 11.8 Å². The van der Waals surface area contributed by atoms with Gasteiger partial charge < -0.3 is 25.6 Å². The Morgan fingerprint density at radius 2 is 1.69 bits per heavy atom. The van der Waals surface area contributed by atoms with Gasteiger partial charge in [0.15, 0.2) is 0 Å². The van der Waals surface area contributed by atoms with Crippen LogP contribution in [-0.2, 0) is 16.1 Å². The molecule has 180 valence electrons. The van der Waals surface area contributed by atoms with Crippen molar-refractivity contribution in [1.82, 2.24) is 15.1 Å². The number of rotatable bonds is 8. The zero-order valence-corrected chi connectivity index (χ0v) is 20.2. The third-order valence-corrected chi connectivity index (χ3v) is 6.56. The Kier molecular flexibility index (Phi) is 10.7. The summed E-state index contributed by atoms with van der Waals surface area (Å²) in [5, 5.41) is 2.94. The molecular formula is C23H36Cl2N4O3. The monoisotopic (exact) mass is 486 g/mol. The van der Waals surface area contributed by atoms with Gasteiger partial charge in [0.2, 0.25) is 5.91 Å². The highest BCUT2D eigenvalue weighted by Gasteiger charge is 2.31. The SMILES string of the molecule is Cl.Cl.NCc1ccc(C(=O)NCC2CN(CC3CCN(CC4CC4)CC3)C(=O)CO2)cc1. The maximum absolute atomic E-state index is 12.4. The average Bonchev–Trinajstić information content (AvgIpc) is 3.59. The summed E-state index contributed by atoms with van der Waals surface area (Å²) in [6, 6.07) is 7.29. The summed E-state index contributed by atoms with van der Waals surface area (Å²) >= 11 is 0. The van der Waals surface area contributed by atoms with Crippen molar-refractivity contribution in [2.75, 3.05) is 45.9 Å². The Labute approximate surface area is 203 Å². The number of halogens is 2. The Bertz CT molecular complexity index is 737. The molecule has 1 atom stereocenters. The fourth-order valence-corrected chi connectivity index (χ4v) is 4.41. The van der Waals surface area contributed by atoms with Gasteiger partial charge >= 0.3 is 0 Å². The molecule has 1 aliphatic carbocycles. The van der Waals surface area contributed by atoms with Gasteiger partial charge in [-0.25, -0.2) is 0 Å². The van der Waals surface area contributed by atoms with Crippen LogP contribution in [0.1, 0.15) is 41.6 Å². The van der Waals surface area contributed by atoms with Crippen LogP contribution in [0.25, 0.3) is 0 Å². The number of morpholine rings is 1. The van der Waals surface area contributed by atoms with E-state index in [4.69, 9.17) is 10.5 Å². The van der Waals surface area contributed by atoms with Crippen LogP contribution in [0.2, 0.25) is 0 Å². The van der Waals surface area contributed by atoms with E-state index in [1.165, 1.54) is 19.4 Å². The molecule has 32 heavy (non-hydrogen) atoms. The number of hydrogen-bond donors (Lipinski definition) is 2. The Hall–Kier alpha value is -1.38. The third-order valence-electron chi connectivity index (χ3n) is 6.56. The number of nitrogens with two attached hydrogens (primary N) is 1. The molecular weight excluding hydrogens is 451 g/mol. The summed E-state index contributed by atoms with van der Waals surface area (Å²) in [6.07, 6.45) is 4.97. The van der Waals surface area contributed by atoms with Crippen molar-refractivity contribution in [2.45, 2.75) is 38.3 Å². The van der Waals surface area contributed by atoms with Crippen molar-refractivity contribution in [1.29, 1.82) is 0 Å². The second-order valence-corrected chi connectivity index (χ2v) is 9.03. The molecule has 0 bridgehead atoms. The van der Waals surface area contributed by atoms with E-state index >= 15 is 0 Å². The lowest BCUT2D eigenvalue weighted by molar-refractivity contribution is -0.149. The molecule has 2 amide bonds. The molecule has 1 unspecified atom stereocenters. The number of hydrogen-bond acceptors (Lipinski definition) is 5. The Morgan fingerprint density at radius 3 is 2.31 bits per heavy atom. The predicted octanol–water partition coefficient (Wildman–Crippen LogP) is 2.07. The minimum Gasteiger partial charge on any atom is -0.365 e. The van der Waals surface area contributed by atoms with E-state index in [-0.39, 0.29) is 49.3 Å². The summed E-state index contributed by atoms with van der Waals surface area (Å²) in [4.78, 5) is 29.3. The summed E-state index contributed by atoms with van der Waals surface area (Å²) in [5.74, 6) is 1.44. The standard InChI is InChI=1S/C23H34N4O3.2ClH/c24-11-17-3-5-20(6-4-17)23(29)25-12-21-15-27(22(28)16-30-21)14-19-7-9-26(10-8-19)13-18-1-2-18;;/h3-6,18-19,21H,1-2,7-16,24H2,(H,25,29);2*1H. The van der Waals surface area contributed by atoms with E-state index in [9.17, 15) is 9.59 Å². The molecule has 0 radical (unpaired) electrons. The predicted molar refractivity (Wildman–Crippen MR) is 129 cm³/mol. The number of likely N-dealkylation sites (tertiary alicyclic amines) is 1. The normalized spacial score (nSPS) is 22.1. The fraction of sp³-hybridized carbons (Fsp3) is 0.652. The van der Waals surface area contributed by atoms with Gasteiger partial charge in [0.25, 0.3) is 5.91 Å². The molecule has 3 aliphatic rings. The number of benzene rings is 1. The van der Waals surface area contributed by atoms with Gasteiger partial charge in [-0.05, 0) is 68.3 Å². The molecule has 7 nitrogen and oxygen atoms in total. The van der Waals surface area contributed by atoms with E-state index in [2.05, 4.69) is 10.2 Å². The van der Waals surface area contributed by atoms with Crippen molar-refractivity contribution >= 4 is 36.6 Å². The summed E-state index contributed by atoms with van der Waals surface area (Å²) in [6.45, 7) is 5.90. The molecule has 2 saturated heterocycles. The van der Waals surface area contributed by atoms with E-state index < -0.39 is 0 Å². The largest absolute Gasteiger partial charge is 0.365 e. The molecule has 1 saturated carbocycles. The van der Waals surface area contributed by atoms with Crippen molar-refractivity contribution < 1.29 is 14.3 Å². The first-order valence-electron chi connectivity index (χ1n) is 11.3. The molecule has 0 aromatic heterocycles. The molecule has 1 aromatic carbocycles. The summed E-state index contributed by atoms with van der Waals surface area (Å²) in [5.41, 5.74) is 7.20. The zero-order valence-electron chi connectivity index (χ0n) is 18.5. The van der Waals surface area contributed by atoms with Crippen LogP contribution in [0.4, 0.5) is 0 Å². The highest BCUT2D eigenvalue weighted by Crippen LogP contribution is 2.31. The molecule has 2 heterocycles. The van der Waals surface area contributed by atoms with Crippen LogP contribution >= 0.6 is 24.8 Å². The first kappa shape index (κ1) is 26.9. The van der Waals surface area contributed by atoms with E-state index in [1.54, 1.807) is 12.1 Å². The van der Waals surface area contributed by atoms with Gasteiger partial charge in [0, 0.05) is 38.3 Å². The van der Waals surface area contributed by atoms with Crippen LogP contribution in [0.3, 0.4) is 0 Å². The molecule has 4 rings (SSSR count). The van der Waals surface area contributed by atoms with Crippen LogP contribution in [0.15, 0.2) is 24.3 Å². The quantitative estimate of drug-likeness (QED) is 0.586. The smallest absolute Gasteiger partial charge is 0.251 e. The molecule has 1 aromatic rings. The molecule has 2 aliphatic heterocycles. The van der Waals surface area contributed by atoms with Crippen molar-refractivity contribution in [3.8, 4) is 0 Å². The van der Waals surface area contributed by atoms with Crippen LogP contribution < -0.4 is 11.1 Å². The second-order valence-electron chi connectivity index (χ2n) is 9.03. The van der Waals surface area contributed by atoms with Gasteiger partial charge in [-0.1, -0.05) is 12.1 Å². The maximum Gasteiger partial charge on any atom is 0.251 e. The second kappa shape index (κ2) is 12.8. The molecule has 3 N–H and O–H groups in total. The molecule has 9 heteroatoms. The number of nitrogens with zero attached hydrogens (tertiary/aromatic N) is 2. The number of nitrogens with one attached hydrogen (secondary N) is 1. The Balaban J connectivity index is 0.00000181. The number of amides is 2. The van der Waals surface area contributed by atoms with Gasteiger partial charge in [0.05, 0.1) is 6.10 Å². The van der Waals surface area contributed by atoms with Crippen molar-refractivity contribution in [3.63, 3.8) is 0 Å². The number of piperidine rings is 1. The summed E-state index contributed by atoms with van der Waals surface area (Å²) < 4.78 is 5.67. The van der Waals surface area contributed by atoms with Crippen molar-refractivity contribution in [2.24, 2.45) is 17.6 Å². The lowest BCUT2D eigenvalue weighted by Crippen LogP contribution is -2.52. The Morgan fingerprint density at radius 1 is 1.03 bits per heavy atom. The number of carbonyl (C=O) groups is 2. The first-order chi connectivity index (χ1) is 14.6. The highest BCUT2D eigenvalue weighted by atomic mass is 35.5. The number of carbonyl (C=O) groups excluding carboxylic acids is 2. The summed E-state index contributed by atoms with van der Waals surface area (Å²) in [7, 11) is 0. The third kappa shape index (κ3) is 7.59. The topological polar surface area (TPSA) is 87.9 Å². The average molecular weight is 487 g/mol. The molecule has 0 spiro atoms. The lowest BCUT2D eigenvalue weighted by Gasteiger charge is -2.38. The maximum atomic E-state index is 12.4. The van der Waals surface area contributed by atoms with Crippen LogP contribution in [-0.4, -0.2) is 73.6 Å². The van der Waals surface area contributed by atoms with Gasteiger partial charge in [0.1, 0.15) is 6.61 Å². The lowest BCUT2D eigenvalue weighted by atomic mass is 9.95. The van der Waals surface area contributed by atoms with Gasteiger partial charge in [-0.3, -0.25) is 9.59 Å².